The highest BCUT2D eigenvalue weighted by atomic mass is 35.5. The summed E-state index contributed by atoms with van der Waals surface area (Å²) in [5, 5.41) is 2.79. The van der Waals surface area contributed by atoms with E-state index < -0.39 is 6.04 Å². The van der Waals surface area contributed by atoms with Crippen molar-refractivity contribution in [3.05, 3.63) is 59.7 Å². The number of benzene rings is 2. The molecule has 3 N–H and O–H groups in total. The highest BCUT2D eigenvalue weighted by Gasteiger charge is 2.15. The smallest absolute Gasteiger partial charge is 0.305 e. The molecule has 0 radical (unpaired) electrons. The second kappa shape index (κ2) is 11.2. The number of aryl methyl sites for hydroxylation is 1. The lowest BCUT2D eigenvalue weighted by molar-refractivity contribution is -0.140. The molecular weight excluding hydrogens is 368 g/mol. The van der Waals surface area contributed by atoms with Crippen molar-refractivity contribution in [2.24, 2.45) is 5.73 Å². The molecule has 6 nitrogen and oxygen atoms in total. The van der Waals surface area contributed by atoms with Crippen LogP contribution in [0.5, 0.6) is 5.75 Å². The second-order valence-electron chi connectivity index (χ2n) is 5.93. The summed E-state index contributed by atoms with van der Waals surface area (Å²) in [4.78, 5) is 23.3. The molecule has 2 rings (SSSR count). The minimum atomic E-state index is -0.732. The van der Waals surface area contributed by atoms with Crippen molar-refractivity contribution in [2.45, 2.75) is 25.8 Å². The summed E-state index contributed by atoms with van der Waals surface area (Å²) in [6.45, 7) is 2.40. The van der Waals surface area contributed by atoms with E-state index in [9.17, 15) is 9.59 Å². The first kappa shape index (κ1) is 22.5. The van der Waals surface area contributed by atoms with Gasteiger partial charge in [0.05, 0.1) is 13.7 Å². The molecule has 1 unspecified atom stereocenters. The van der Waals surface area contributed by atoms with Crippen molar-refractivity contribution in [1.82, 2.24) is 0 Å². The zero-order chi connectivity index (χ0) is 18.9. The molecule has 0 aromatic heterocycles. The molecule has 27 heavy (non-hydrogen) atoms. The molecular formula is C20H25ClN2O4. The fourth-order valence-corrected chi connectivity index (χ4v) is 2.29. The average molecular weight is 393 g/mol. The number of hydrogen-bond acceptors (Lipinski definition) is 5. The number of esters is 1. The Morgan fingerprint density at radius 3 is 2.30 bits per heavy atom. The maximum atomic E-state index is 12.3. The van der Waals surface area contributed by atoms with Crippen molar-refractivity contribution < 1.29 is 19.1 Å². The van der Waals surface area contributed by atoms with E-state index in [0.29, 0.717) is 30.9 Å². The van der Waals surface area contributed by atoms with Crippen molar-refractivity contribution >= 4 is 30.0 Å². The molecule has 7 heteroatoms. The Balaban J connectivity index is 0.00000364. The second-order valence-corrected chi connectivity index (χ2v) is 5.93. The van der Waals surface area contributed by atoms with E-state index in [2.05, 4.69) is 10.1 Å². The molecule has 0 saturated carbocycles. The predicted molar refractivity (Wildman–Crippen MR) is 107 cm³/mol. The predicted octanol–water partition coefficient (Wildman–Crippen LogP) is 3.39. The van der Waals surface area contributed by atoms with Crippen LogP contribution >= 0.6 is 12.4 Å². The third-order valence-electron chi connectivity index (χ3n) is 3.86. The molecule has 0 aliphatic carbocycles. The van der Waals surface area contributed by atoms with Gasteiger partial charge in [0.1, 0.15) is 11.8 Å². The third kappa shape index (κ3) is 7.29. The normalized spacial score (nSPS) is 11.1. The number of nitrogens with two attached hydrogens (primary N) is 1. The lowest BCUT2D eigenvalue weighted by atomic mass is 10.1. The van der Waals surface area contributed by atoms with Crippen LogP contribution in [0.3, 0.4) is 0 Å². The summed E-state index contributed by atoms with van der Waals surface area (Å²) in [6, 6.07) is 13.8. The van der Waals surface area contributed by atoms with Gasteiger partial charge < -0.3 is 20.5 Å². The van der Waals surface area contributed by atoms with Gasteiger partial charge in [-0.15, -0.1) is 12.4 Å². The Labute approximate surface area is 165 Å². The Morgan fingerprint density at radius 1 is 1.07 bits per heavy atom. The first-order valence-corrected chi connectivity index (χ1v) is 8.42. The lowest BCUT2D eigenvalue weighted by Crippen LogP contribution is -2.27. The van der Waals surface area contributed by atoms with Crippen LogP contribution in [0.15, 0.2) is 48.5 Å². The van der Waals surface area contributed by atoms with E-state index in [4.69, 9.17) is 10.5 Å². The summed E-state index contributed by atoms with van der Waals surface area (Å²) < 4.78 is 10.1. The molecule has 1 atom stereocenters. The van der Waals surface area contributed by atoms with Gasteiger partial charge >= 0.3 is 5.97 Å². The summed E-state index contributed by atoms with van der Waals surface area (Å²) in [7, 11) is 1.36. The zero-order valence-electron chi connectivity index (χ0n) is 15.4. The van der Waals surface area contributed by atoms with Crippen LogP contribution in [-0.2, 0) is 14.3 Å². The van der Waals surface area contributed by atoms with Crippen LogP contribution in [0.1, 0.15) is 30.0 Å². The number of anilines is 1. The fourth-order valence-electron chi connectivity index (χ4n) is 2.29. The van der Waals surface area contributed by atoms with Crippen LogP contribution in [0.4, 0.5) is 5.69 Å². The topological polar surface area (TPSA) is 90.6 Å². The zero-order valence-corrected chi connectivity index (χ0v) is 16.3. The van der Waals surface area contributed by atoms with E-state index in [1.807, 2.05) is 31.2 Å². The summed E-state index contributed by atoms with van der Waals surface area (Å²) in [5.74, 6) is 0.132. The number of halogens is 1. The minimum Gasteiger partial charge on any atom is -0.494 e. The van der Waals surface area contributed by atoms with Gasteiger partial charge in [-0.1, -0.05) is 29.8 Å². The van der Waals surface area contributed by atoms with E-state index >= 15 is 0 Å². The van der Waals surface area contributed by atoms with Crippen molar-refractivity contribution in [1.29, 1.82) is 0 Å². The molecule has 0 spiro atoms. The van der Waals surface area contributed by atoms with Gasteiger partial charge in [0.2, 0.25) is 5.91 Å². The van der Waals surface area contributed by atoms with Gasteiger partial charge in [0, 0.05) is 12.1 Å². The van der Waals surface area contributed by atoms with Gasteiger partial charge in [-0.05, 0) is 43.2 Å². The highest BCUT2D eigenvalue weighted by molar-refractivity contribution is 5.95. The van der Waals surface area contributed by atoms with Crippen LogP contribution in [-0.4, -0.2) is 25.6 Å². The largest absolute Gasteiger partial charge is 0.494 e. The quantitative estimate of drug-likeness (QED) is 0.530. The van der Waals surface area contributed by atoms with Crippen molar-refractivity contribution in [2.75, 3.05) is 19.0 Å². The minimum absolute atomic E-state index is 0. The molecule has 2 aromatic carbocycles. The molecule has 0 bridgehead atoms. The number of amides is 1. The number of carbonyl (C=O) groups excluding carboxylic acids is 2. The maximum absolute atomic E-state index is 12.3. The van der Waals surface area contributed by atoms with Crippen LogP contribution in [0.25, 0.3) is 0 Å². The Kier molecular flexibility index (Phi) is 9.33. The summed E-state index contributed by atoms with van der Waals surface area (Å²) in [6.07, 6.45) is 0.901. The monoisotopic (exact) mass is 392 g/mol. The molecule has 0 heterocycles. The van der Waals surface area contributed by atoms with Crippen molar-refractivity contribution in [3.63, 3.8) is 0 Å². The van der Waals surface area contributed by atoms with Gasteiger partial charge in [0.15, 0.2) is 0 Å². The van der Waals surface area contributed by atoms with Crippen molar-refractivity contribution in [3.8, 4) is 5.75 Å². The lowest BCUT2D eigenvalue weighted by Gasteiger charge is -2.13. The highest BCUT2D eigenvalue weighted by Crippen LogP contribution is 2.18. The molecule has 146 valence electrons. The molecule has 0 aliphatic heterocycles. The Hall–Kier alpha value is -2.57. The first-order valence-electron chi connectivity index (χ1n) is 8.42. The van der Waals surface area contributed by atoms with Gasteiger partial charge in [-0.2, -0.15) is 0 Å². The molecule has 0 fully saturated rings. The van der Waals surface area contributed by atoms with E-state index in [0.717, 1.165) is 11.1 Å². The molecule has 0 saturated heterocycles. The van der Waals surface area contributed by atoms with E-state index in [1.54, 1.807) is 24.3 Å². The standard InChI is InChI=1S/C20H24N2O4.ClH/c1-14-5-7-15(8-6-14)19(21)20(24)22-16-9-11-17(12-10-16)26-13-3-4-18(23)25-2;/h5-12,19H,3-4,13,21H2,1-2H3,(H,22,24);1H. The third-order valence-corrected chi connectivity index (χ3v) is 3.86. The number of ether oxygens (including phenoxy) is 2. The SMILES string of the molecule is COC(=O)CCCOc1ccc(NC(=O)C(N)c2ccc(C)cc2)cc1.Cl. The molecule has 2 aromatic rings. The molecule has 1 amide bonds. The summed E-state index contributed by atoms with van der Waals surface area (Å²) >= 11 is 0. The van der Waals surface area contributed by atoms with Gasteiger partial charge in [0.25, 0.3) is 0 Å². The fraction of sp³-hybridized carbons (Fsp3) is 0.300. The van der Waals surface area contributed by atoms with Crippen LogP contribution in [0.2, 0.25) is 0 Å². The number of hydrogen-bond donors (Lipinski definition) is 2. The number of rotatable bonds is 8. The van der Waals surface area contributed by atoms with Gasteiger partial charge in [-0.3, -0.25) is 9.59 Å². The Morgan fingerprint density at radius 2 is 1.70 bits per heavy atom. The Bertz CT molecular complexity index is 733. The van der Waals surface area contributed by atoms with Crippen LogP contribution < -0.4 is 15.8 Å². The summed E-state index contributed by atoms with van der Waals surface area (Å²) in [5.41, 5.74) is 8.52. The van der Waals surface area contributed by atoms with Crippen LogP contribution in [0, 0.1) is 6.92 Å². The number of methoxy groups -OCH3 is 1. The maximum Gasteiger partial charge on any atom is 0.305 e. The number of nitrogens with one attached hydrogen (secondary N) is 1. The molecule has 0 aliphatic rings. The average Bonchev–Trinajstić information content (AvgIpc) is 2.66. The van der Waals surface area contributed by atoms with Gasteiger partial charge in [-0.25, -0.2) is 0 Å². The van der Waals surface area contributed by atoms with E-state index in [-0.39, 0.29) is 24.3 Å². The first-order chi connectivity index (χ1) is 12.5. The van der Waals surface area contributed by atoms with E-state index in [1.165, 1.54) is 7.11 Å². The number of carbonyl (C=O) groups is 2.